The molecule has 2 aliphatic rings. The number of esters is 1. The van der Waals surface area contributed by atoms with Crippen molar-refractivity contribution in [1.82, 2.24) is 0 Å². The van der Waals surface area contributed by atoms with Crippen molar-refractivity contribution in [3.05, 3.63) is 82.9 Å². The zero-order chi connectivity index (χ0) is 20.8. The van der Waals surface area contributed by atoms with Crippen LogP contribution in [0, 0.1) is 0 Å². The summed E-state index contributed by atoms with van der Waals surface area (Å²) in [4.78, 5) is 21.5. The maximum Gasteiger partial charge on any atom is 0.340 e. The fraction of sp³-hybridized carbons (Fsp3) is 0.0909. The Hall–Kier alpha value is -3.06. The fourth-order valence-corrected chi connectivity index (χ4v) is 3.65. The molecule has 0 aromatic heterocycles. The monoisotopic (exact) mass is 594 g/mol. The molecule has 3 aromatic carbocycles. The SMILES string of the molecule is CC(=O)O.O=C1OC2(c3ccc(O)cc3Oc3cc(O)ccc32)c2ccccc21.[Hg]. The summed E-state index contributed by atoms with van der Waals surface area (Å²) in [6, 6.07) is 16.6. The number of carboxylic acid groups (broad SMARTS) is 1. The van der Waals surface area contributed by atoms with E-state index in [0.29, 0.717) is 33.8 Å². The molecule has 1 spiro atoms. The maximum atomic E-state index is 12.5. The molecular formula is C22H16HgO7. The van der Waals surface area contributed by atoms with Gasteiger partial charge in [-0.05, 0) is 30.3 Å². The number of rotatable bonds is 0. The largest absolute Gasteiger partial charge is 0.508 e. The number of carbonyl (C=O) groups excluding carboxylic acids is 1. The second kappa shape index (κ2) is 7.99. The van der Waals surface area contributed by atoms with E-state index in [4.69, 9.17) is 19.4 Å². The van der Waals surface area contributed by atoms with E-state index < -0.39 is 17.5 Å². The van der Waals surface area contributed by atoms with Crippen LogP contribution in [0.4, 0.5) is 0 Å². The summed E-state index contributed by atoms with van der Waals surface area (Å²) < 4.78 is 11.8. The van der Waals surface area contributed by atoms with E-state index in [0.717, 1.165) is 6.92 Å². The summed E-state index contributed by atoms with van der Waals surface area (Å²) in [7, 11) is 0. The van der Waals surface area contributed by atoms with E-state index in [1.807, 2.05) is 12.1 Å². The molecular weight excluding hydrogens is 577 g/mol. The fourth-order valence-electron chi connectivity index (χ4n) is 3.65. The first-order valence-electron chi connectivity index (χ1n) is 8.70. The molecule has 0 radical (unpaired) electrons. The van der Waals surface area contributed by atoms with E-state index in [1.165, 1.54) is 24.3 Å². The zero-order valence-corrected chi connectivity index (χ0v) is 21.5. The van der Waals surface area contributed by atoms with Crippen LogP contribution in [0.3, 0.4) is 0 Å². The minimum Gasteiger partial charge on any atom is -0.508 e. The zero-order valence-electron chi connectivity index (χ0n) is 16.0. The van der Waals surface area contributed by atoms with Crippen LogP contribution in [0.25, 0.3) is 0 Å². The minimum atomic E-state index is -1.17. The first-order chi connectivity index (χ1) is 13.8. The van der Waals surface area contributed by atoms with E-state index in [-0.39, 0.29) is 39.2 Å². The predicted octanol–water partition coefficient (Wildman–Crippen LogP) is 3.75. The van der Waals surface area contributed by atoms with Gasteiger partial charge < -0.3 is 24.8 Å². The van der Waals surface area contributed by atoms with Gasteiger partial charge in [-0.15, -0.1) is 0 Å². The Kier molecular flexibility index (Phi) is 5.76. The van der Waals surface area contributed by atoms with E-state index in [1.54, 1.807) is 24.3 Å². The Morgan fingerprint density at radius 3 is 1.90 bits per heavy atom. The molecule has 2 aliphatic heterocycles. The van der Waals surface area contributed by atoms with Gasteiger partial charge in [0.2, 0.25) is 0 Å². The maximum absolute atomic E-state index is 12.5. The average Bonchev–Trinajstić information content (AvgIpc) is 2.95. The Morgan fingerprint density at radius 2 is 1.37 bits per heavy atom. The Balaban J connectivity index is 0.000000473. The van der Waals surface area contributed by atoms with Crippen LogP contribution >= 0.6 is 0 Å². The van der Waals surface area contributed by atoms with Crippen LogP contribution in [0.2, 0.25) is 0 Å². The molecule has 0 saturated heterocycles. The first-order valence-corrected chi connectivity index (χ1v) is 8.70. The number of carboxylic acids is 1. The number of aliphatic carboxylic acids is 1. The molecule has 2 heterocycles. The molecule has 30 heavy (non-hydrogen) atoms. The van der Waals surface area contributed by atoms with E-state index in [9.17, 15) is 15.0 Å². The molecule has 0 aliphatic carbocycles. The van der Waals surface area contributed by atoms with Gasteiger partial charge in [-0.25, -0.2) is 4.79 Å². The van der Waals surface area contributed by atoms with Crippen molar-refractivity contribution in [3.8, 4) is 23.0 Å². The summed E-state index contributed by atoms with van der Waals surface area (Å²) in [5, 5.41) is 27.1. The number of aromatic hydroxyl groups is 2. The average molecular weight is 593 g/mol. The molecule has 0 amide bonds. The van der Waals surface area contributed by atoms with Gasteiger partial charge in [0.25, 0.3) is 5.97 Å². The van der Waals surface area contributed by atoms with Gasteiger partial charge in [0.15, 0.2) is 5.60 Å². The number of carbonyl (C=O) groups is 2. The van der Waals surface area contributed by atoms with Crippen molar-refractivity contribution in [2.24, 2.45) is 0 Å². The second-order valence-electron chi connectivity index (χ2n) is 6.60. The molecule has 0 saturated carbocycles. The van der Waals surface area contributed by atoms with Crippen LogP contribution in [0.5, 0.6) is 23.0 Å². The molecule has 0 atom stereocenters. The molecule has 0 fully saturated rings. The van der Waals surface area contributed by atoms with Crippen LogP contribution in [-0.2, 0) is 42.8 Å². The number of ether oxygens (including phenoxy) is 2. The number of hydrogen-bond donors (Lipinski definition) is 3. The summed E-state index contributed by atoms with van der Waals surface area (Å²) in [5.74, 6) is -0.425. The van der Waals surface area contributed by atoms with Crippen molar-refractivity contribution < 1.29 is 62.1 Å². The summed E-state index contributed by atoms with van der Waals surface area (Å²) in [6.45, 7) is 1.08. The number of phenolic OH excluding ortho intramolecular Hbond substituents is 2. The van der Waals surface area contributed by atoms with E-state index >= 15 is 0 Å². The van der Waals surface area contributed by atoms with E-state index in [2.05, 4.69) is 0 Å². The van der Waals surface area contributed by atoms with Gasteiger partial charge in [-0.1, -0.05) is 18.2 Å². The van der Waals surface area contributed by atoms with Crippen molar-refractivity contribution in [2.75, 3.05) is 0 Å². The van der Waals surface area contributed by atoms with Crippen LogP contribution in [0.15, 0.2) is 60.7 Å². The summed E-state index contributed by atoms with van der Waals surface area (Å²) in [6.07, 6.45) is 0. The Bertz CT molecular complexity index is 1100. The first kappa shape index (κ1) is 21.6. The van der Waals surface area contributed by atoms with Crippen molar-refractivity contribution in [2.45, 2.75) is 12.5 Å². The molecule has 7 nitrogen and oxygen atoms in total. The molecule has 3 aromatic rings. The predicted molar refractivity (Wildman–Crippen MR) is 101 cm³/mol. The van der Waals surface area contributed by atoms with Gasteiger partial charge in [-0.3, -0.25) is 4.79 Å². The second-order valence-corrected chi connectivity index (χ2v) is 6.60. The molecule has 148 valence electrons. The number of benzene rings is 3. The Morgan fingerprint density at radius 1 is 0.867 bits per heavy atom. The standard InChI is InChI=1S/C20H12O5.C2H4O2.Hg/c21-11-5-7-15-17(9-11)24-18-10-12(22)6-8-16(18)20(15)14-4-2-1-3-13(14)19(23)25-20;1-2(3)4;/h1-10,21-22H;1H3,(H,3,4);. The molecule has 8 heteroatoms. The topological polar surface area (TPSA) is 113 Å². The van der Waals surface area contributed by atoms with Crippen molar-refractivity contribution in [1.29, 1.82) is 0 Å². The van der Waals surface area contributed by atoms with Gasteiger partial charge in [0.1, 0.15) is 23.0 Å². The third-order valence-corrected chi connectivity index (χ3v) is 4.68. The number of hydrogen-bond acceptors (Lipinski definition) is 6. The molecule has 0 bridgehead atoms. The van der Waals surface area contributed by atoms with Gasteiger partial charge >= 0.3 is 5.97 Å². The van der Waals surface area contributed by atoms with Crippen LogP contribution < -0.4 is 4.74 Å². The third kappa shape index (κ3) is 3.39. The summed E-state index contributed by atoms with van der Waals surface area (Å²) in [5.41, 5.74) is 1.28. The molecule has 5 rings (SSSR count). The Labute approximate surface area is 192 Å². The summed E-state index contributed by atoms with van der Waals surface area (Å²) >= 11 is 0. The smallest absolute Gasteiger partial charge is 0.340 e. The number of phenols is 2. The van der Waals surface area contributed by atoms with Crippen LogP contribution in [0.1, 0.15) is 34.0 Å². The third-order valence-electron chi connectivity index (χ3n) is 4.68. The van der Waals surface area contributed by atoms with Crippen molar-refractivity contribution in [3.63, 3.8) is 0 Å². The molecule has 3 N–H and O–H groups in total. The van der Waals surface area contributed by atoms with Crippen molar-refractivity contribution >= 4 is 11.9 Å². The molecule has 0 unspecified atom stereocenters. The van der Waals surface area contributed by atoms with Gasteiger partial charge in [0, 0.05) is 63.4 Å². The minimum absolute atomic E-state index is 0. The van der Waals surface area contributed by atoms with Crippen LogP contribution in [-0.4, -0.2) is 27.3 Å². The number of fused-ring (bicyclic) bond motifs is 6. The normalized spacial score (nSPS) is 14.0. The van der Waals surface area contributed by atoms with Gasteiger partial charge in [-0.2, -0.15) is 0 Å². The van der Waals surface area contributed by atoms with Gasteiger partial charge in [0.05, 0.1) is 5.56 Å². The quantitative estimate of drug-likeness (QED) is 0.269.